The summed E-state index contributed by atoms with van der Waals surface area (Å²) in [5.74, 6) is -0.312. The molecule has 28 heavy (non-hydrogen) atoms. The molecule has 0 bridgehead atoms. The van der Waals surface area contributed by atoms with E-state index in [2.05, 4.69) is 5.32 Å². The predicted octanol–water partition coefficient (Wildman–Crippen LogP) is 4.55. The van der Waals surface area contributed by atoms with Crippen molar-refractivity contribution in [1.82, 2.24) is 10.2 Å². The van der Waals surface area contributed by atoms with Crippen molar-refractivity contribution in [1.29, 1.82) is 0 Å². The van der Waals surface area contributed by atoms with Crippen molar-refractivity contribution in [2.24, 2.45) is 0 Å². The fraction of sp³-hybridized carbons (Fsp3) is 0.208. The average molecular weight is 376 g/mol. The number of halogens is 1. The quantitative estimate of drug-likeness (QED) is 0.656. The molecule has 0 unspecified atom stereocenters. The first-order valence-corrected chi connectivity index (χ1v) is 9.39. The van der Waals surface area contributed by atoms with Gasteiger partial charge in [0.1, 0.15) is 5.82 Å². The SMILES string of the molecule is C[C@@H](C(=O)NC(c1ccccc1)c1ccccc1)N(C)Cc1ccc(F)cc1. The molecule has 0 spiro atoms. The molecule has 0 aliphatic carbocycles. The Hall–Kier alpha value is -2.98. The first-order valence-electron chi connectivity index (χ1n) is 9.39. The molecule has 3 nitrogen and oxygen atoms in total. The molecule has 0 radical (unpaired) electrons. The fourth-order valence-electron chi connectivity index (χ4n) is 3.13. The molecule has 0 aliphatic rings. The van der Waals surface area contributed by atoms with Crippen LogP contribution in [0.4, 0.5) is 4.39 Å². The van der Waals surface area contributed by atoms with Gasteiger partial charge in [0, 0.05) is 6.54 Å². The Morgan fingerprint density at radius 1 is 0.893 bits per heavy atom. The molecule has 144 valence electrons. The zero-order valence-corrected chi connectivity index (χ0v) is 16.2. The smallest absolute Gasteiger partial charge is 0.237 e. The van der Waals surface area contributed by atoms with Crippen LogP contribution in [0.5, 0.6) is 0 Å². The van der Waals surface area contributed by atoms with E-state index in [1.165, 1.54) is 12.1 Å². The van der Waals surface area contributed by atoms with Crippen LogP contribution in [-0.4, -0.2) is 23.9 Å². The monoisotopic (exact) mass is 376 g/mol. The van der Waals surface area contributed by atoms with Gasteiger partial charge in [-0.2, -0.15) is 0 Å². The number of nitrogens with one attached hydrogen (secondary N) is 1. The standard InChI is InChI=1S/C24H25FN2O/c1-18(27(2)17-19-13-15-22(25)16-14-19)24(28)26-23(20-9-5-3-6-10-20)21-11-7-4-8-12-21/h3-16,18,23H,17H2,1-2H3,(H,26,28)/t18-/m0/s1. The molecule has 3 aromatic rings. The molecule has 1 atom stereocenters. The van der Waals surface area contributed by atoms with Gasteiger partial charge in [-0.05, 0) is 42.8 Å². The second-order valence-electron chi connectivity index (χ2n) is 6.98. The highest BCUT2D eigenvalue weighted by molar-refractivity contribution is 5.82. The number of carbonyl (C=O) groups is 1. The molecule has 3 rings (SSSR count). The largest absolute Gasteiger partial charge is 0.344 e. The molecule has 3 aromatic carbocycles. The molecule has 0 fully saturated rings. The molecule has 0 saturated carbocycles. The highest BCUT2D eigenvalue weighted by atomic mass is 19.1. The fourth-order valence-corrected chi connectivity index (χ4v) is 3.13. The van der Waals surface area contributed by atoms with Crippen LogP contribution in [0.3, 0.4) is 0 Å². The maximum absolute atomic E-state index is 13.1. The van der Waals surface area contributed by atoms with Gasteiger partial charge in [0.15, 0.2) is 0 Å². The number of rotatable bonds is 7. The van der Waals surface area contributed by atoms with Gasteiger partial charge in [0.25, 0.3) is 0 Å². The second-order valence-corrected chi connectivity index (χ2v) is 6.98. The summed E-state index contributed by atoms with van der Waals surface area (Å²) in [6, 6.07) is 25.7. The third kappa shape index (κ3) is 5.05. The van der Waals surface area contributed by atoms with Gasteiger partial charge in [0.05, 0.1) is 12.1 Å². The number of nitrogens with zero attached hydrogens (tertiary/aromatic N) is 1. The summed E-state index contributed by atoms with van der Waals surface area (Å²) in [6.45, 7) is 2.45. The Morgan fingerprint density at radius 3 is 1.89 bits per heavy atom. The van der Waals surface area contributed by atoms with E-state index in [1.807, 2.05) is 79.5 Å². The first-order chi connectivity index (χ1) is 13.5. The van der Waals surface area contributed by atoms with Crippen molar-refractivity contribution in [2.75, 3.05) is 7.05 Å². The van der Waals surface area contributed by atoms with Crippen LogP contribution in [0.15, 0.2) is 84.9 Å². The summed E-state index contributed by atoms with van der Waals surface area (Å²) in [7, 11) is 1.90. The third-order valence-electron chi connectivity index (χ3n) is 4.94. The number of likely N-dealkylation sites (N-methyl/N-ethyl adjacent to an activating group) is 1. The Bertz CT molecular complexity index is 842. The third-order valence-corrected chi connectivity index (χ3v) is 4.94. The summed E-state index contributed by atoms with van der Waals surface area (Å²) in [5, 5.41) is 3.18. The zero-order valence-electron chi connectivity index (χ0n) is 16.2. The van der Waals surface area contributed by atoms with Crippen LogP contribution >= 0.6 is 0 Å². The number of benzene rings is 3. The van der Waals surface area contributed by atoms with Crippen molar-refractivity contribution >= 4 is 5.91 Å². The highest BCUT2D eigenvalue weighted by Gasteiger charge is 2.23. The Labute approximate surface area is 165 Å². The minimum atomic E-state index is -0.333. The van der Waals surface area contributed by atoms with E-state index in [1.54, 1.807) is 12.1 Å². The van der Waals surface area contributed by atoms with E-state index in [4.69, 9.17) is 0 Å². The number of hydrogen-bond acceptors (Lipinski definition) is 2. The summed E-state index contributed by atoms with van der Waals surface area (Å²) < 4.78 is 13.1. The van der Waals surface area contributed by atoms with Crippen molar-refractivity contribution in [3.63, 3.8) is 0 Å². The molecule has 1 N–H and O–H groups in total. The van der Waals surface area contributed by atoms with Gasteiger partial charge in [-0.3, -0.25) is 9.69 Å². The molecular formula is C24H25FN2O. The van der Waals surface area contributed by atoms with Gasteiger partial charge in [0.2, 0.25) is 5.91 Å². The van der Waals surface area contributed by atoms with E-state index in [0.29, 0.717) is 6.54 Å². The minimum Gasteiger partial charge on any atom is -0.344 e. The minimum absolute atomic E-state index is 0.0534. The predicted molar refractivity (Wildman–Crippen MR) is 110 cm³/mol. The van der Waals surface area contributed by atoms with Crippen molar-refractivity contribution in [3.8, 4) is 0 Å². The van der Waals surface area contributed by atoms with Crippen LogP contribution < -0.4 is 5.32 Å². The van der Waals surface area contributed by atoms with Gasteiger partial charge in [-0.15, -0.1) is 0 Å². The summed E-state index contributed by atoms with van der Waals surface area (Å²) in [6.07, 6.45) is 0. The maximum atomic E-state index is 13.1. The van der Waals surface area contributed by atoms with Crippen molar-refractivity contribution in [2.45, 2.75) is 25.6 Å². The van der Waals surface area contributed by atoms with E-state index in [-0.39, 0.29) is 23.8 Å². The lowest BCUT2D eigenvalue weighted by molar-refractivity contribution is -0.126. The summed E-state index contributed by atoms with van der Waals surface area (Å²) in [5.41, 5.74) is 3.04. The topological polar surface area (TPSA) is 32.3 Å². The lowest BCUT2D eigenvalue weighted by Crippen LogP contribution is -2.44. The first kappa shape index (κ1) is 19.8. The van der Waals surface area contributed by atoms with E-state index in [0.717, 1.165) is 16.7 Å². The van der Waals surface area contributed by atoms with E-state index in [9.17, 15) is 9.18 Å². The van der Waals surface area contributed by atoms with Crippen LogP contribution in [0.1, 0.15) is 29.7 Å². The molecular weight excluding hydrogens is 351 g/mol. The van der Waals surface area contributed by atoms with Gasteiger partial charge >= 0.3 is 0 Å². The lowest BCUT2D eigenvalue weighted by Gasteiger charge is -2.27. The Morgan fingerprint density at radius 2 is 1.39 bits per heavy atom. The van der Waals surface area contributed by atoms with Gasteiger partial charge in [-0.25, -0.2) is 4.39 Å². The molecule has 0 saturated heterocycles. The number of amides is 1. The molecule has 0 aromatic heterocycles. The Balaban J connectivity index is 1.73. The number of carbonyl (C=O) groups excluding carboxylic acids is 1. The van der Waals surface area contributed by atoms with E-state index >= 15 is 0 Å². The molecule has 0 heterocycles. The maximum Gasteiger partial charge on any atom is 0.237 e. The van der Waals surface area contributed by atoms with Crippen LogP contribution in [0.2, 0.25) is 0 Å². The van der Waals surface area contributed by atoms with Gasteiger partial charge < -0.3 is 5.32 Å². The number of hydrogen-bond donors (Lipinski definition) is 1. The molecule has 4 heteroatoms. The normalized spacial score (nSPS) is 12.2. The van der Waals surface area contributed by atoms with Crippen LogP contribution in [0.25, 0.3) is 0 Å². The molecule has 0 aliphatic heterocycles. The second kappa shape index (κ2) is 9.29. The van der Waals surface area contributed by atoms with E-state index < -0.39 is 0 Å². The van der Waals surface area contributed by atoms with Gasteiger partial charge in [-0.1, -0.05) is 72.8 Å². The lowest BCUT2D eigenvalue weighted by atomic mass is 9.98. The van der Waals surface area contributed by atoms with Crippen LogP contribution in [-0.2, 0) is 11.3 Å². The van der Waals surface area contributed by atoms with Crippen LogP contribution in [0, 0.1) is 5.82 Å². The highest BCUT2D eigenvalue weighted by Crippen LogP contribution is 2.22. The summed E-state index contributed by atoms with van der Waals surface area (Å²) in [4.78, 5) is 14.9. The molecule has 1 amide bonds. The van der Waals surface area contributed by atoms with Crippen molar-refractivity contribution in [3.05, 3.63) is 107 Å². The average Bonchev–Trinajstić information content (AvgIpc) is 2.74. The summed E-state index contributed by atoms with van der Waals surface area (Å²) >= 11 is 0. The Kier molecular flexibility index (Phi) is 6.56. The zero-order chi connectivity index (χ0) is 19.9. The van der Waals surface area contributed by atoms with Crippen molar-refractivity contribution < 1.29 is 9.18 Å².